The molecule has 0 aliphatic heterocycles. The zero-order valence-electron chi connectivity index (χ0n) is 13.4. The maximum absolute atomic E-state index is 9.33. The molecule has 1 aromatic heterocycles. The number of hydrogen-bond acceptors (Lipinski definition) is 4. The summed E-state index contributed by atoms with van der Waals surface area (Å²) in [7, 11) is 1.98. The van der Waals surface area contributed by atoms with E-state index in [0.717, 1.165) is 43.1 Å². The molecule has 22 heavy (non-hydrogen) atoms. The Morgan fingerprint density at radius 3 is 2.77 bits per heavy atom. The Morgan fingerprint density at radius 1 is 1.27 bits per heavy atom. The number of aryl methyl sites for hydroxylation is 1. The fourth-order valence-electron chi connectivity index (χ4n) is 2.35. The molecule has 1 aromatic carbocycles. The smallest absolute Gasteiger partial charge is 0.123 e. The van der Waals surface area contributed by atoms with Gasteiger partial charge < -0.3 is 14.4 Å². The lowest BCUT2D eigenvalue weighted by molar-refractivity contribution is 0.179. The van der Waals surface area contributed by atoms with Crippen LogP contribution in [0.25, 0.3) is 0 Å². The molecule has 120 valence electrons. The molecule has 0 radical (unpaired) electrons. The van der Waals surface area contributed by atoms with Crippen molar-refractivity contribution in [2.75, 3.05) is 19.8 Å². The van der Waals surface area contributed by atoms with Gasteiger partial charge in [0.05, 0.1) is 25.2 Å². The summed E-state index contributed by atoms with van der Waals surface area (Å²) in [6.45, 7) is 5.07. The SMILES string of the molecule is CCCOc1ccccc1CN(CCO)Cc1cncn1C. The third kappa shape index (κ3) is 4.58. The quantitative estimate of drug-likeness (QED) is 0.771. The number of hydrogen-bond donors (Lipinski definition) is 1. The van der Waals surface area contributed by atoms with Gasteiger partial charge in [-0.25, -0.2) is 4.98 Å². The molecule has 2 rings (SSSR count). The number of benzene rings is 1. The Balaban J connectivity index is 2.09. The highest BCUT2D eigenvalue weighted by Gasteiger charge is 2.12. The summed E-state index contributed by atoms with van der Waals surface area (Å²) >= 11 is 0. The second-order valence-electron chi connectivity index (χ2n) is 5.39. The van der Waals surface area contributed by atoms with E-state index in [9.17, 15) is 5.11 Å². The number of nitrogens with zero attached hydrogens (tertiary/aromatic N) is 3. The fraction of sp³-hybridized carbons (Fsp3) is 0.471. The van der Waals surface area contributed by atoms with Gasteiger partial charge in [-0.15, -0.1) is 0 Å². The zero-order chi connectivity index (χ0) is 15.8. The number of para-hydroxylation sites is 1. The van der Waals surface area contributed by atoms with Gasteiger partial charge in [0.2, 0.25) is 0 Å². The van der Waals surface area contributed by atoms with Crippen LogP contribution in [0.2, 0.25) is 0 Å². The lowest BCUT2D eigenvalue weighted by Crippen LogP contribution is -2.27. The van der Waals surface area contributed by atoms with Crippen molar-refractivity contribution >= 4 is 0 Å². The lowest BCUT2D eigenvalue weighted by Gasteiger charge is -2.22. The molecule has 5 heteroatoms. The topological polar surface area (TPSA) is 50.5 Å². The fourth-order valence-corrected chi connectivity index (χ4v) is 2.35. The van der Waals surface area contributed by atoms with E-state index >= 15 is 0 Å². The van der Waals surface area contributed by atoms with E-state index in [0.29, 0.717) is 6.54 Å². The van der Waals surface area contributed by atoms with Crippen LogP contribution in [0.15, 0.2) is 36.8 Å². The second kappa shape index (κ2) is 8.56. The summed E-state index contributed by atoms with van der Waals surface area (Å²) in [4.78, 5) is 6.35. The summed E-state index contributed by atoms with van der Waals surface area (Å²) in [6.07, 6.45) is 4.65. The van der Waals surface area contributed by atoms with E-state index in [-0.39, 0.29) is 6.61 Å². The maximum Gasteiger partial charge on any atom is 0.123 e. The minimum atomic E-state index is 0.135. The minimum absolute atomic E-state index is 0.135. The highest BCUT2D eigenvalue weighted by atomic mass is 16.5. The molecular weight excluding hydrogens is 278 g/mol. The Kier molecular flexibility index (Phi) is 6.43. The van der Waals surface area contributed by atoms with Crippen LogP contribution in [0.4, 0.5) is 0 Å². The largest absolute Gasteiger partial charge is 0.493 e. The van der Waals surface area contributed by atoms with Gasteiger partial charge in [0, 0.05) is 38.4 Å². The Hall–Kier alpha value is -1.85. The number of aromatic nitrogens is 2. The normalized spacial score (nSPS) is 11.1. The Bertz CT molecular complexity index is 569. The first-order valence-corrected chi connectivity index (χ1v) is 7.73. The molecule has 0 saturated carbocycles. The molecule has 1 heterocycles. The summed E-state index contributed by atoms with van der Waals surface area (Å²) < 4.78 is 7.82. The van der Waals surface area contributed by atoms with Gasteiger partial charge in [0.1, 0.15) is 5.75 Å². The van der Waals surface area contributed by atoms with Crippen molar-refractivity contribution in [3.63, 3.8) is 0 Å². The highest BCUT2D eigenvalue weighted by Crippen LogP contribution is 2.21. The van der Waals surface area contributed by atoms with Gasteiger partial charge in [-0.1, -0.05) is 25.1 Å². The third-order valence-electron chi connectivity index (χ3n) is 3.55. The number of aliphatic hydroxyl groups excluding tert-OH is 1. The molecule has 0 aliphatic rings. The van der Waals surface area contributed by atoms with Crippen molar-refractivity contribution in [2.24, 2.45) is 7.05 Å². The molecule has 1 N–H and O–H groups in total. The Morgan fingerprint density at radius 2 is 2.09 bits per heavy atom. The number of ether oxygens (including phenoxy) is 1. The highest BCUT2D eigenvalue weighted by molar-refractivity contribution is 5.33. The molecule has 0 bridgehead atoms. The van der Waals surface area contributed by atoms with Crippen molar-refractivity contribution in [3.05, 3.63) is 48.0 Å². The van der Waals surface area contributed by atoms with Crippen LogP contribution in [0.3, 0.4) is 0 Å². The van der Waals surface area contributed by atoms with E-state index in [1.165, 1.54) is 0 Å². The maximum atomic E-state index is 9.33. The molecule has 0 spiro atoms. The van der Waals surface area contributed by atoms with Crippen LogP contribution in [-0.4, -0.2) is 39.3 Å². The molecule has 2 aromatic rings. The number of rotatable bonds is 9. The van der Waals surface area contributed by atoms with Crippen molar-refractivity contribution in [1.82, 2.24) is 14.5 Å². The van der Waals surface area contributed by atoms with Crippen LogP contribution < -0.4 is 4.74 Å². The van der Waals surface area contributed by atoms with E-state index in [2.05, 4.69) is 22.9 Å². The number of imidazole rings is 1. The van der Waals surface area contributed by atoms with Crippen LogP contribution in [0, 0.1) is 0 Å². The first-order chi connectivity index (χ1) is 10.7. The molecule has 0 amide bonds. The minimum Gasteiger partial charge on any atom is -0.493 e. The van der Waals surface area contributed by atoms with Crippen LogP contribution in [-0.2, 0) is 20.1 Å². The summed E-state index contributed by atoms with van der Waals surface area (Å²) in [5, 5.41) is 9.33. The van der Waals surface area contributed by atoms with Crippen molar-refractivity contribution < 1.29 is 9.84 Å². The molecule has 0 saturated heterocycles. The van der Waals surface area contributed by atoms with E-state index in [1.807, 2.05) is 36.0 Å². The first kappa shape index (κ1) is 16.5. The summed E-state index contributed by atoms with van der Waals surface area (Å²) in [6, 6.07) is 8.10. The van der Waals surface area contributed by atoms with Gasteiger partial charge in [-0.3, -0.25) is 4.90 Å². The molecule has 0 aliphatic carbocycles. The van der Waals surface area contributed by atoms with Gasteiger partial charge in [0.15, 0.2) is 0 Å². The molecular formula is C17H25N3O2. The van der Waals surface area contributed by atoms with Crippen molar-refractivity contribution in [2.45, 2.75) is 26.4 Å². The molecule has 0 fully saturated rings. The van der Waals surface area contributed by atoms with Gasteiger partial charge in [-0.2, -0.15) is 0 Å². The Labute approximate surface area is 132 Å². The standard InChI is InChI=1S/C17H25N3O2/c1-3-10-22-17-7-5-4-6-15(17)12-20(8-9-21)13-16-11-18-14-19(16)2/h4-7,11,14,21H,3,8-10,12-13H2,1-2H3. The van der Waals surface area contributed by atoms with Crippen molar-refractivity contribution in [3.8, 4) is 5.75 Å². The molecule has 0 unspecified atom stereocenters. The van der Waals surface area contributed by atoms with Gasteiger partial charge in [-0.05, 0) is 12.5 Å². The van der Waals surface area contributed by atoms with Crippen molar-refractivity contribution in [1.29, 1.82) is 0 Å². The zero-order valence-corrected chi connectivity index (χ0v) is 13.4. The van der Waals surface area contributed by atoms with E-state index < -0.39 is 0 Å². The average Bonchev–Trinajstić information content (AvgIpc) is 2.92. The van der Waals surface area contributed by atoms with E-state index in [4.69, 9.17) is 4.74 Å². The predicted octanol–water partition coefficient (Wildman–Crippen LogP) is 2.20. The number of aliphatic hydroxyl groups is 1. The monoisotopic (exact) mass is 303 g/mol. The summed E-state index contributed by atoms with van der Waals surface area (Å²) in [5.74, 6) is 0.928. The lowest BCUT2D eigenvalue weighted by atomic mass is 10.2. The summed E-state index contributed by atoms with van der Waals surface area (Å²) in [5.41, 5.74) is 2.27. The van der Waals surface area contributed by atoms with Crippen LogP contribution in [0.1, 0.15) is 24.6 Å². The third-order valence-corrected chi connectivity index (χ3v) is 3.55. The molecule has 5 nitrogen and oxygen atoms in total. The van der Waals surface area contributed by atoms with Gasteiger partial charge >= 0.3 is 0 Å². The predicted molar refractivity (Wildman–Crippen MR) is 86.6 cm³/mol. The first-order valence-electron chi connectivity index (χ1n) is 7.73. The van der Waals surface area contributed by atoms with Gasteiger partial charge in [0.25, 0.3) is 0 Å². The molecule has 0 atom stereocenters. The van der Waals surface area contributed by atoms with Crippen LogP contribution >= 0.6 is 0 Å². The van der Waals surface area contributed by atoms with E-state index in [1.54, 1.807) is 6.33 Å². The second-order valence-corrected chi connectivity index (χ2v) is 5.39. The van der Waals surface area contributed by atoms with Crippen LogP contribution in [0.5, 0.6) is 5.75 Å². The average molecular weight is 303 g/mol.